The number of rotatable bonds is 6. The third kappa shape index (κ3) is 5.81. The number of carbonyl (C=O) groups excluding carboxylic acids is 2. The van der Waals surface area contributed by atoms with E-state index >= 15 is 0 Å². The molecule has 0 heterocycles. The summed E-state index contributed by atoms with van der Waals surface area (Å²) in [4.78, 5) is 33.7. The molecule has 0 aliphatic rings. The van der Waals surface area contributed by atoms with Crippen molar-refractivity contribution in [3.8, 4) is 0 Å². The van der Waals surface area contributed by atoms with Gasteiger partial charge < -0.3 is 5.32 Å². The summed E-state index contributed by atoms with van der Waals surface area (Å²) in [5, 5.41) is 16.8. The van der Waals surface area contributed by atoms with E-state index in [-0.39, 0.29) is 18.1 Å². The number of hydrogen-bond acceptors (Lipinski definition) is 5. The highest BCUT2D eigenvalue weighted by atomic mass is 79.9. The molecule has 0 aliphatic carbocycles. The molecule has 2 aromatic rings. The largest absolute Gasteiger partial charge is 0.343 e. The lowest BCUT2D eigenvalue weighted by atomic mass is 10.2. The monoisotopic (exact) mass is 404 g/mol. The molecule has 0 bridgehead atoms. The minimum absolute atomic E-state index is 0.0726. The molecule has 0 unspecified atom stereocenters. The second kappa shape index (κ2) is 8.69. The van der Waals surface area contributed by atoms with Gasteiger partial charge in [-0.3, -0.25) is 19.7 Å². The quantitative estimate of drug-likeness (QED) is 0.436. The van der Waals surface area contributed by atoms with Crippen LogP contribution in [0, 0.1) is 10.1 Å². The molecule has 2 aromatic carbocycles. The lowest BCUT2D eigenvalue weighted by Crippen LogP contribution is -2.34. The van der Waals surface area contributed by atoms with Gasteiger partial charge >= 0.3 is 0 Å². The van der Waals surface area contributed by atoms with Gasteiger partial charge in [0, 0.05) is 27.7 Å². The molecule has 0 aliphatic heterocycles. The molecule has 2 N–H and O–H groups in total. The number of non-ortho nitro benzene ring substituents is 1. The number of halogens is 1. The zero-order valence-electron chi connectivity index (χ0n) is 12.8. The molecule has 0 radical (unpaired) electrons. The van der Waals surface area contributed by atoms with E-state index in [9.17, 15) is 19.7 Å². The Kier molecular flexibility index (Phi) is 6.35. The number of hydrazone groups is 1. The average molecular weight is 405 g/mol. The summed E-state index contributed by atoms with van der Waals surface area (Å²) in [6.45, 7) is -0.252. The Morgan fingerprint density at radius 1 is 1.20 bits per heavy atom. The van der Waals surface area contributed by atoms with E-state index in [1.807, 2.05) is 0 Å². The molecule has 0 saturated carbocycles. The Bertz CT molecular complexity index is 838. The third-order valence-corrected chi connectivity index (χ3v) is 3.47. The molecule has 0 atom stereocenters. The maximum atomic E-state index is 11.9. The first-order chi connectivity index (χ1) is 12.0. The van der Waals surface area contributed by atoms with Crippen LogP contribution in [0.5, 0.6) is 0 Å². The van der Waals surface area contributed by atoms with Gasteiger partial charge in [-0.25, -0.2) is 5.43 Å². The molecule has 9 heteroatoms. The highest BCUT2D eigenvalue weighted by Gasteiger charge is 2.08. The van der Waals surface area contributed by atoms with Crippen LogP contribution in [0.25, 0.3) is 0 Å². The number of hydrogen-bond donors (Lipinski definition) is 2. The second-order valence-corrected chi connectivity index (χ2v) is 5.75. The van der Waals surface area contributed by atoms with Gasteiger partial charge in [0.15, 0.2) is 0 Å². The number of amides is 2. The minimum atomic E-state index is -0.523. The van der Waals surface area contributed by atoms with Gasteiger partial charge in [-0.15, -0.1) is 0 Å². The first kappa shape index (κ1) is 18.3. The number of benzene rings is 2. The normalized spacial score (nSPS) is 10.4. The Labute approximate surface area is 151 Å². The lowest BCUT2D eigenvalue weighted by molar-refractivity contribution is -0.384. The molecule has 0 aromatic heterocycles. The molecule has 0 fully saturated rings. The highest BCUT2D eigenvalue weighted by molar-refractivity contribution is 9.10. The molecule has 0 spiro atoms. The second-order valence-electron chi connectivity index (χ2n) is 4.84. The fourth-order valence-electron chi connectivity index (χ4n) is 1.83. The number of nitro benzene ring substituents is 1. The predicted octanol–water partition coefficient (Wildman–Crippen LogP) is 2.24. The fraction of sp³-hybridized carbons (Fsp3) is 0.0625. The summed E-state index contributed by atoms with van der Waals surface area (Å²) in [6, 6.07) is 12.6. The van der Waals surface area contributed by atoms with Crippen LogP contribution in [-0.4, -0.2) is 29.5 Å². The van der Waals surface area contributed by atoms with Gasteiger partial charge in [-0.1, -0.05) is 34.1 Å². The van der Waals surface area contributed by atoms with E-state index in [1.165, 1.54) is 24.4 Å². The zero-order valence-corrected chi connectivity index (χ0v) is 14.4. The maximum Gasteiger partial charge on any atom is 0.270 e. The van der Waals surface area contributed by atoms with E-state index in [1.54, 1.807) is 30.3 Å². The number of nitrogens with one attached hydrogen (secondary N) is 2. The van der Waals surface area contributed by atoms with Crippen LogP contribution in [-0.2, 0) is 4.79 Å². The molecular weight excluding hydrogens is 392 g/mol. The van der Waals surface area contributed by atoms with Crippen molar-refractivity contribution < 1.29 is 14.5 Å². The van der Waals surface area contributed by atoms with Gasteiger partial charge in [0.2, 0.25) is 0 Å². The van der Waals surface area contributed by atoms with E-state index in [0.29, 0.717) is 11.1 Å². The summed E-state index contributed by atoms with van der Waals surface area (Å²) in [5.74, 6) is -0.913. The molecule has 25 heavy (non-hydrogen) atoms. The van der Waals surface area contributed by atoms with Crippen molar-refractivity contribution in [1.82, 2.24) is 10.7 Å². The van der Waals surface area contributed by atoms with Crippen molar-refractivity contribution >= 4 is 39.6 Å². The summed E-state index contributed by atoms with van der Waals surface area (Å²) < 4.78 is 0.756. The molecule has 0 saturated heterocycles. The molecule has 128 valence electrons. The average Bonchev–Trinajstić information content (AvgIpc) is 2.60. The standard InChI is InChI=1S/C16H13BrN4O4/c17-13-5-2-4-12(8-13)16(23)18-10-15(22)20-19-9-11-3-1-6-14(7-11)21(24)25/h1-9H,10H2,(H,18,23)(H,20,22)/b19-9+. The number of nitrogens with zero attached hydrogens (tertiary/aromatic N) is 2. The topological polar surface area (TPSA) is 114 Å². The SMILES string of the molecule is O=C(CNC(=O)c1cccc(Br)c1)N/N=C/c1cccc([N+](=O)[O-])c1. The molecular formula is C16H13BrN4O4. The lowest BCUT2D eigenvalue weighted by Gasteiger charge is -2.04. The van der Waals surface area contributed by atoms with E-state index in [4.69, 9.17) is 0 Å². The Morgan fingerprint density at radius 3 is 2.68 bits per heavy atom. The minimum Gasteiger partial charge on any atom is -0.343 e. The van der Waals surface area contributed by atoms with Gasteiger partial charge in [-0.05, 0) is 18.2 Å². The van der Waals surface area contributed by atoms with Crippen LogP contribution < -0.4 is 10.7 Å². The Morgan fingerprint density at radius 2 is 1.96 bits per heavy atom. The summed E-state index contributed by atoms with van der Waals surface area (Å²) in [6.07, 6.45) is 1.28. The first-order valence-corrected chi connectivity index (χ1v) is 7.85. The van der Waals surface area contributed by atoms with Crippen LogP contribution in [0.4, 0.5) is 5.69 Å². The maximum absolute atomic E-state index is 11.9. The zero-order chi connectivity index (χ0) is 18.2. The van der Waals surface area contributed by atoms with Crippen LogP contribution in [0.15, 0.2) is 58.1 Å². The van der Waals surface area contributed by atoms with Crippen molar-refractivity contribution in [3.63, 3.8) is 0 Å². The van der Waals surface area contributed by atoms with Gasteiger partial charge in [-0.2, -0.15) is 5.10 Å². The first-order valence-electron chi connectivity index (χ1n) is 7.06. The van der Waals surface area contributed by atoms with Gasteiger partial charge in [0.05, 0.1) is 17.7 Å². The van der Waals surface area contributed by atoms with Crippen LogP contribution in [0.3, 0.4) is 0 Å². The van der Waals surface area contributed by atoms with Gasteiger partial charge in [0.25, 0.3) is 17.5 Å². The third-order valence-electron chi connectivity index (χ3n) is 2.98. The predicted molar refractivity (Wildman–Crippen MR) is 95.3 cm³/mol. The smallest absolute Gasteiger partial charge is 0.270 e. The van der Waals surface area contributed by atoms with Crippen LogP contribution >= 0.6 is 15.9 Å². The summed E-state index contributed by atoms with van der Waals surface area (Å²) >= 11 is 3.26. The molecule has 2 rings (SSSR count). The fourth-order valence-corrected chi connectivity index (χ4v) is 2.23. The number of carbonyl (C=O) groups is 2. The molecule has 2 amide bonds. The van der Waals surface area contributed by atoms with Gasteiger partial charge in [0.1, 0.15) is 0 Å². The van der Waals surface area contributed by atoms with E-state index in [0.717, 1.165) is 4.47 Å². The summed E-state index contributed by atoms with van der Waals surface area (Å²) in [5.41, 5.74) is 3.05. The van der Waals surface area contributed by atoms with E-state index in [2.05, 4.69) is 31.8 Å². The Balaban J connectivity index is 1.83. The highest BCUT2D eigenvalue weighted by Crippen LogP contribution is 2.12. The van der Waals surface area contributed by atoms with E-state index < -0.39 is 10.8 Å². The van der Waals surface area contributed by atoms with Crippen LogP contribution in [0.1, 0.15) is 15.9 Å². The van der Waals surface area contributed by atoms with Crippen LogP contribution in [0.2, 0.25) is 0 Å². The van der Waals surface area contributed by atoms with Crippen molar-refractivity contribution in [3.05, 3.63) is 74.2 Å². The molecule has 8 nitrogen and oxygen atoms in total. The summed E-state index contributed by atoms with van der Waals surface area (Å²) in [7, 11) is 0. The van der Waals surface area contributed by atoms with Crippen molar-refractivity contribution in [1.29, 1.82) is 0 Å². The van der Waals surface area contributed by atoms with Crippen molar-refractivity contribution in [2.45, 2.75) is 0 Å². The van der Waals surface area contributed by atoms with Crippen molar-refractivity contribution in [2.75, 3.05) is 6.54 Å². The van der Waals surface area contributed by atoms with Crippen molar-refractivity contribution in [2.24, 2.45) is 5.10 Å². The Hall–Kier alpha value is -3.07. The number of nitro groups is 1.